The standard InChI is InChI=1S/C23H21N5O3/c29-18-8-6-16(7-9-18)20-19(23(30)25-17-4-2-1-3-5-17)26-22-21(24-10-11-28(20)22)27-12-14-31-15-13-27/h1-11,29H,12-15H2,(H,25,30). The lowest BCUT2D eigenvalue weighted by atomic mass is 10.1. The fourth-order valence-electron chi connectivity index (χ4n) is 3.73. The van der Waals surface area contributed by atoms with Crippen molar-refractivity contribution in [2.45, 2.75) is 0 Å². The normalized spacial score (nSPS) is 14.0. The van der Waals surface area contributed by atoms with Crippen molar-refractivity contribution < 1.29 is 14.6 Å². The number of carbonyl (C=O) groups is 1. The molecule has 3 heterocycles. The molecule has 1 aliphatic rings. The molecule has 8 nitrogen and oxygen atoms in total. The maximum atomic E-state index is 13.2. The van der Waals surface area contributed by atoms with Crippen LogP contribution in [-0.4, -0.2) is 51.7 Å². The zero-order chi connectivity index (χ0) is 21.2. The first kappa shape index (κ1) is 19.1. The molecule has 0 unspecified atom stereocenters. The molecule has 2 aromatic carbocycles. The van der Waals surface area contributed by atoms with Crippen LogP contribution in [0.2, 0.25) is 0 Å². The van der Waals surface area contributed by atoms with E-state index in [0.717, 1.165) is 5.56 Å². The van der Waals surface area contributed by atoms with E-state index in [-0.39, 0.29) is 17.4 Å². The second-order valence-corrected chi connectivity index (χ2v) is 7.22. The van der Waals surface area contributed by atoms with Gasteiger partial charge in [-0.05, 0) is 36.4 Å². The largest absolute Gasteiger partial charge is 0.508 e. The second kappa shape index (κ2) is 8.08. The predicted octanol–water partition coefficient (Wildman–Crippen LogP) is 3.19. The Hall–Kier alpha value is -3.91. The molecule has 2 aromatic heterocycles. The molecule has 5 rings (SSSR count). The van der Waals surface area contributed by atoms with Crippen molar-refractivity contribution in [3.63, 3.8) is 0 Å². The third kappa shape index (κ3) is 3.69. The fourth-order valence-corrected chi connectivity index (χ4v) is 3.73. The molecule has 0 radical (unpaired) electrons. The number of amides is 1. The summed E-state index contributed by atoms with van der Waals surface area (Å²) in [5, 5.41) is 12.6. The Kier molecular flexibility index (Phi) is 4.97. The molecule has 1 fully saturated rings. The van der Waals surface area contributed by atoms with Crippen LogP contribution in [0, 0.1) is 0 Å². The molecule has 4 aromatic rings. The van der Waals surface area contributed by atoms with Gasteiger partial charge in [-0.1, -0.05) is 18.2 Å². The number of anilines is 2. The van der Waals surface area contributed by atoms with Gasteiger partial charge in [0.1, 0.15) is 5.75 Å². The van der Waals surface area contributed by atoms with E-state index in [9.17, 15) is 9.90 Å². The lowest BCUT2D eigenvalue weighted by Gasteiger charge is -2.27. The van der Waals surface area contributed by atoms with E-state index in [2.05, 4.69) is 15.2 Å². The molecule has 8 heteroatoms. The van der Waals surface area contributed by atoms with Gasteiger partial charge >= 0.3 is 0 Å². The van der Waals surface area contributed by atoms with Crippen molar-refractivity contribution in [3.05, 3.63) is 72.7 Å². The van der Waals surface area contributed by atoms with Crippen LogP contribution in [0.1, 0.15) is 10.5 Å². The highest BCUT2D eigenvalue weighted by atomic mass is 16.5. The minimum absolute atomic E-state index is 0.156. The number of hydrogen-bond donors (Lipinski definition) is 2. The molecular weight excluding hydrogens is 394 g/mol. The Morgan fingerprint density at radius 1 is 1.03 bits per heavy atom. The number of nitrogens with one attached hydrogen (secondary N) is 1. The molecule has 0 spiro atoms. The average Bonchev–Trinajstić information content (AvgIpc) is 3.21. The number of carbonyl (C=O) groups excluding carboxylic acids is 1. The number of ether oxygens (including phenoxy) is 1. The van der Waals surface area contributed by atoms with E-state index < -0.39 is 0 Å². The third-order valence-electron chi connectivity index (χ3n) is 5.22. The topological polar surface area (TPSA) is 92.0 Å². The fraction of sp³-hybridized carbons (Fsp3) is 0.174. The molecule has 2 N–H and O–H groups in total. The Labute approximate surface area is 178 Å². The number of phenols is 1. The van der Waals surface area contributed by atoms with Crippen molar-refractivity contribution >= 4 is 23.1 Å². The number of aromatic nitrogens is 3. The minimum Gasteiger partial charge on any atom is -0.508 e. The predicted molar refractivity (Wildman–Crippen MR) is 118 cm³/mol. The molecule has 1 amide bonds. The highest BCUT2D eigenvalue weighted by Gasteiger charge is 2.25. The number of rotatable bonds is 4. The maximum Gasteiger partial charge on any atom is 0.276 e. The first-order valence-corrected chi connectivity index (χ1v) is 10.1. The number of benzene rings is 2. The van der Waals surface area contributed by atoms with Crippen LogP contribution in [0.5, 0.6) is 5.75 Å². The SMILES string of the molecule is O=C(Nc1ccccc1)c1nc2c(N3CCOCC3)nccn2c1-c1ccc(O)cc1. The molecule has 156 valence electrons. The van der Waals surface area contributed by atoms with Gasteiger partial charge in [-0.2, -0.15) is 0 Å². The van der Waals surface area contributed by atoms with E-state index in [1.54, 1.807) is 36.7 Å². The number of hydrogen-bond acceptors (Lipinski definition) is 6. The summed E-state index contributed by atoms with van der Waals surface area (Å²) in [6.45, 7) is 2.66. The third-order valence-corrected chi connectivity index (χ3v) is 5.22. The number of morpholine rings is 1. The van der Waals surface area contributed by atoms with Crippen LogP contribution in [-0.2, 0) is 4.74 Å². The monoisotopic (exact) mass is 415 g/mol. The van der Waals surface area contributed by atoms with Gasteiger partial charge in [-0.3, -0.25) is 9.20 Å². The van der Waals surface area contributed by atoms with Crippen LogP contribution in [0.4, 0.5) is 11.5 Å². The number of nitrogens with zero attached hydrogens (tertiary/aromatic N) is 4. The molecule has 31 heavy (non-hydrogen) atoms. The number of para-hydroxylation sites is 1. The van der Waals surface area contributed by atoms with Gasteiger partial charge in [0.05, 0.1) is 18.9 Å². The van der Waals surface area contributed by atoms with Gasteiger partial charge in [-0.15, -0.1) is 0 Å². The summed E-state index contributed by atoms with van der Waals surface area (Å²) in [6.07, 6.45) is 3.51. The van der Waals surface area contributed by atoms with Crippen molar-refractivity contribution in [3.8, 4) is 17.0 Å². The van der Waals surface area contributed by atoms with Crippen molar-refractivity contribution in [2.75, 3.05) is 36.5 Å². The van der Waals surface area contributed by atoms with Crippen molar-refractivity contribution in [1.82, 2.24) is 14.4 Å². The number of fused-ring (bicyclic) bond motifs is 1. The van der Waals surface area contributed by atoms with Gasteiger partial charge in [0.2, 0.25) is 0 Å². The zero-order valence-corrected chi connectivity index (χ0v) is 16.7. The van der Waals surface area contributed by atoms with E-state index in [0.29, 0.717) is 49.1 Å². The van der Waals surface area contributed by atoms with Crippen LogP contribution >= 0.6 is 0 Å². The maximum absolute atomic E-state index is 13.2. The summed E-state index contributed by atoms with van der Waals surface area (Å²) in [4.78, 5) is 24.6. The molecule has 0 aliphatic carbocycles. The first-order chi connectivity index (χ1) is 15.2. The number of phenolic OH excluding ortho intramolecular Hbond substituents is 1. The molecule has 1 saturated heterocycles. The van der Waals surface area contributed by atoms with Gasteiger partial charge in [0.25, 0.3) is 5.91 Å². The molecule has 0 saturated carbocycles. The van der Waals surface area contributed by atoms with Crippen LogP contribution in [0.25, 0.3) is 16.9 Å². The molecule has 1 aliphatic heterocycles. The van der Waals surface area contributed by atoms with E-state index >= 15 is 0 Å². The van der Waals surface area contributed by atoms with Gasteiger partial charge < -0.3 is 20.1 Å². The Balaban J connectivity index is 1.66. The highest BCUT2D eigenvalue weighted by molar-refractivity contribution is 6.07. The lowest BCUT2D eigenvalue weighted by Crippen LogP contribution is -2.37. The average molecular weight is 415 g/mol. The summed E-state index contributed by atoms with van der Waals surface area (Å²) in [5.41, 5.74) is 2.98. The summed E-state index contributed by atoms with van der Waals surface area (Å²) in [7, 11) is 0. The van der Waals surface area contributed by atoms with Crippen LogP contribution < -0.4 is 10.2 Å². The van der Waals surface area contributed by atoms with Crippen molar-refractivity contribution in [1.29, 1.82) is 0 Å². The zero-order valence-electron chi connectivity index (χ0n) is 16.7. The van der Waals surface area contributed by atoms with Crippen LogP contribution in [0.3, 0.4) is 0 Å². The van der Waals surface area contributed by atoms with Gasteiger partial charge in [0.15, 0.2) is 17.2 Å². The van der Waals surface area contributed by atoms with Crippen molar-refractivity contribution in [2.24, 2.45) is 0 Å². The number of aromatic hydroxyl groups is 1. The first-order valence-electron chi connectivity index (χ1n) is 10.1. The van der Waals surface area contributed by atoms with E-state index in [4.69, 9.17) is 9.72 Å². The molecular formula is C23H21N5O3. The Morgan fingerprint density at radius 3 is 2.52 bits per heavy atom. The van der Waals surface area contributed by atoms with Crippen LogP contribution in [0.15, 0.2) is 67.0 Å². The second-order valence-electron chi connectivity index (χ2n) is 7.22. The summed E-state index contributed by atoms with van der Waals surface area (Å²) in [6, 6.07) is 16.0. The molecule has 0 atom stereocenters. The summed E-state index contributed by atoms with van der Waals surface area (Å²) < 4.78 is 7.34. The molecule has 0 bridgehead atoms. The van der Waals surface area contributed by atoms with E-state index in [1.807, 2.05) is 34.7 Å². The quantitative estimate of drug-likeness (QED) is 0.532. The summed E-state index contributed by atoms with van der Waals surface area (Å²) in [5.74, 6) is 0.555. The highest BCUT2D eigenvalue weighted by Crippen LogP contribution is 2.30. The van der Waals surface area contributed by atoms with Gasteiger partial charge in [0, 0.05) is 36.7 Å². The summed E-state index contributed by atoms with van der Waals surface area (Å²) >= 11 is 0. The Morgan fingerprint density at radius 2 is 1.77 bits per heavy atom. The lowest BCUT2D eigenvalue weighted by molar-refractivity contribution is 0.102. The Bertz CT molecular complexity index is 1220. The van der Waals surface area contributed by atoms with E-state index in [1.165, 1.54) is 0 Å². The number of imidazole rings is 1. The smallest absolute Gasteiger partial charge is 0.276 e. The minimum atomic E-state index is -0.314. The van der Waals surface area contributed by atoms with Gasteiger partial charge in [-0.25, -0.2) is 9.97 Å².